The van der Waals surface area contributed by atoms with Gasteiger partial charge < -0.3 is 10.4 Å². The molecule has 0 unspecified atom stereocenters. The number of rotatable bonds is 5. The van der Waals surface area contributed by atoms with E-state index in [0.29, 0.717) is 5.41 Å². The highest BCUT2D eigenvalue weighted by atomic mass is 16.3. The van der Waals surface area contributed by atoms with Crippen molar-refractivity contribution in [1.29, 1.82) is 0 Å². The molecular weight excluding hydrogens is 222 g/mol. The molecule has 2 rings (SSSR count). The number of aliphatic hydroxyl groups is 1. The molecule has 2 heteroatoms. The minimum Gasteiger partial charge on any atom is -0.389 e. The maximum absolute atomic E-state index is 10.6. The third-order valence-electron chi connectivity index (χ3n) is 5.40. The molecule has 0 saturated heterocycles. The summed E-state index contributed by atoms with van der Waals surface area (Å²) in [6, 6.07) is 0. The third kappa shape index (κ3) is 3.71. The Hall–Kier alpha value is -0.0800. The Labute approximate surface area is 113 Å². The second kappa shape index (κ2) is 6.38. The van der Waals surface area contributed by atoms with Crippen LogP contribution in [0.15, 0.2) is 0 Å². The molecule has 0 amide bonds. The number of hydrogen-bond acceptors (Lipinski definition) is 2. The van der Waals surface area contributed by atoms with Crippen molar-refractivity contribution in [1.82, 2.24) is 5.32 Å². The van der Waals surface area contributed by atoms with Crippen molar-refractivity contribution in [2.24, 2.45) is 5.41 Å². The van der Waals surface area contributed by atoms with E-state index >= 15 is 0 Å². The van der Waals surface area contributed by atoms with Crippen molar-refractivity contribution >= 4 is 0 Å². The third-order valence-corrected chi connectivity index (χ3v) is 5.40. The fourth-order valence-corrected chi connectivity index (χ4v) is 3.90. The van der Waals surface area contributed by atoms with Gasteiger partial charge in [-0.1, -0.05) is 45.4 Å². The van der Waals surface area contributed by atoms with Crippen LogP contribution in [0.25, 0.3) is 0 Å². The second-order valence-electron chi connectivity index (χ2n) is 6.80. The fourth-order valence-electron chi connectivity index (χ4n) is 3.90. The van der Waals surface area contributed by atoms with Crippen LogP contribution >= 0.6 is 0 Å². The van der Waals surface area contributed by atoms with E-state index in [0.717, 1.165) is 25.9 Å². The van der Waals surface area contributed by atoms with Crippen LogP contribution in [-0.2, 0) is 0 Å². The number of nitrogens with one attached hydrogen (secondary N) is 1. The first-order valence-electron chi connectivity index (χ1n) is 8.11. The van der Waals surface area contributed by atoms with Gasteiger partial charge in [-0.05, 0) is 37.5 Å². The highest BCUT2D eigenvalue weighted by molar-refractivity contribution is 4.88. The Morgan fingerprint density at radius 3 is 1.94 bits per heavy atom. The molecule has 0 aromatic carbocycles. The molecule has 106 valence electrons. The van der Waals surface area contributed by atoms with E-state index in [-0.39, 0.29) is 0 Å². The van der Waals surface area contributed by atoms with Crippen LogP contribution in [0.3, 0.4) is 0 Å². The Balaban J connectivity index is 1.76. The summed E-state index contributed by atoms with van der Waals surface area (Å²) in [5.41, 5.74) is 0.130. The van der Waals surface area contributed by atoms with Gasteiger partial charge in [0, 0.05) is 13.1 Å². The van der Waals surface area contributed by atoms with Crippen molar-refractivity contribution in [3.05, 3.63) is 0 Å². The van der Waals surface area contributed by atoms with Crippen LogP contribution in [0.1, 0.15) is 77.6 Å². The Morgan fingerprint density at radius 1 is 0.833 bits per heavy atom. The minimum absolute atomic E-state index is 0.413. The van der Waals surface area contributed by atoms with Gasteiger partial charge in [0.15, 0.2) is 0 Å². The first-order valence-corrected chi connectivity index (χ1v) is 8.11. The van der Waals surface area contributed by atoms with Gasteiger partial charge in [-0.2, -0.15) is 0 Å². The predicted molar refractivity (Wildman–Crippen MR) is 76.7 cm³/mol. The quantitative estimate of drug-likeness (QED) is 0.733. The van der Waals surface area contributed by atoms with Gasteiger partial charge in [-0.3, -0.25) is 0 Å². The molecule has 0 atom stereocenters. The van der Waals surface area contributed by atoms with Gasteiger partial charge in [0.05, 0.1) is 5.60 Å². The van der Waals surface area contributed by atoms with E-state index in [1.165, 1.54) is 57.8 Å². The van der Waals surface area contributed by atoms with Crippen molar-refractivity contribution < 1.29 is 5.11 Å². The first kappa shape index (κ1) is 14.3. The molecule has 0 aromatic heterocycles. The zero-order valence-corrected chi connectivity index (χ0v) is 12.1. The van der Waals surface area contributed by atoms with E-state index < -0.39 is 5.60 Å². The van der Waals surface area contributed by atoms with Gasteiger partial charge in [-0.25, -0.2) is 0 Å². The van der Waals surface area contributed by atoms with Crippen molar-refractivity contribution in [3.8, 4) is 0 Å². The minimum atomic E-state index is -0.413. The summed E-state index contributed by atoms with van der Waals surface area (Å²) in [6.07, 6.45) is 13.9. The molecule has 0 aromatic rings. The zero-order valence-electron chi connectivity index (χ0n) is 12.1. The fraction of sp³-hybridized carbons (Fsp3) is 1.00. The standard InChI is InChI=1S/C16H31NO/c1-2-15(9-7-8-10-15)13-17-14-16(18)11-5-3-4-6-12-16/h17-18H,2-14H2,1H3. The normalized spacial score (nSPS) is 27.0. The highest BCUT2D eigenvalue weighted by Gasteiger charge is 2.33. The molecule has 2 aliphatic rings. The van der Waals surface area contributed by atoms with E-state index in [1.807, 2.05) is 0 Å². The lowest BCUT2D eigenvalue weighted by Crippen LogP contribution is -2.43. The van der Waals surface area contributed by atoms with Gasteiger partial charge in [0.2, 0.25) is 0 Å². The Bertz CT molecular complexity index is 237. The molecule has 0 spiro atoms. The van der Waals surface area contributed by atoms with Crippen molar-refractivity contribution in [2.45, 2.75) is 83.2 Å². The summed E-state index contributed by atoms with van der Waals surface area (Å²) in [5.74, 6) is 0. The predicted octanol–water partition coefficient (Wildman–Crippen LogP) is 3.63. The molecule has 2 saturated carbocycles. The molecule has 2 aliphatic carbocycles. The molecule has 18 heavy (non-hydrogen) atoms. The van der Waals surface area contributed by atoms with E-state index in [2.05, 4.69) is 12.2 Å². The van der Waals surface area contributed by atoms with Gasteiger partial charge in [-0.15, -0.1) is 0 Å². The average molecular weight is 253 g/mol. The largest absolute Gasteiger partial charge is 0.389 e. The highest BCUT2D eigenvalue weighted by Crippen LogP contribution is 2.40. The summed E-state index contributed by atoms with van der Waals surface area (Å²) in [6.45, 7) is 4.26. The van der Waals surface area contributed by atoms with Crippen LogP contribution in [0, 0.1) is 5.41 Å². The SMILES string of the molecule is CCC1(CNCC2(O)CCCCCC2)CCCC1. The van der Waals surface area contributed by atoms with Crippen LogP contribution in [0.5, 0.6) is 0 Å². The van der Waals surface area contributed by atoms with Gasteiger partial charge in [0.1, 0.15) is 0 Å². The zero-order chi connectivity index (χ0) is 12.9. The van der Waals surface area contributed by atoms with Crippen molar-refractivity contribution in [3.63, 3.8) is 0 Å². The maximum Gasteiger partial charge on any atom is 0.0771 e. The Kier molecular flexibility index (Phi) is 5.08. The smallest absolute Gasteiger partial charge is 0.0771 e. The monoisotopic (exact) mass is 253 g/mol. The van der Waals surface area contributed by atoms with E-state index in [9.17, 15) is 5.11 Å². The molecular formula is C16H31NO. The molecule has 0 bridgehead atoms. The van der Waals surface area contributed by atoms with Gasteiger partial charge >= 0.3 is 0 Å². The van der Waals surface area contributed by atoms with E-state index in [1.54, 1.807) is 0 Å². The molecule has 2 fully saturated rings. The number of hydrogen-bond donors (Lipinski definition) is 2. The molecule has 2 N–H and O–H groups in total. The van der Waals surface area contributed by atoms with Crippen LogP contribution < -0.4 is 5.32 Å². The molecule has 2 nitrogen and oxygen atoms in total. The Morgan fingerprint density at radius 2 is 1.39 bits per heavy atom. The lowest BCUT2D eigenvalue weighted by molar-refractivity contribution is 0.0226. The second-order valence-corrected chi connectivity index (χ2v) is 6.80. The molecule has 0 heterocycles. The van der Waals surface area contributed by atoms with Crippen molar-refractivity contribution in [2.75, 3.05) is 13.1 Å². The lowest BCUT2D eigenvalue weighted by atomic mass is 9.83. The molecule has 0 radical (unpaired) electrons. The van der Waals surface area contributed by atoms with E-state index in [4.69, 9.17) is 0 Å². The summed E-state index contributed by atoms with van der Waals surface area (Å²) >= 11 is 0. The summed E-state index contributed by atoms with van der Waals surface area (Å²) < 4.78 is 0. The molecule has 0 aliphatic heterocycles. The maximum atomic E-state index is 10.6. The lowest BCUT2D eigenvalue weighted by Gasteiger charge is -2.32. The van der Waals surface area contributed by atoms with Gasteiger partial charge in [0.25, 0.3) is 0 Å². The summed E-state index contributed by atoms with van der Waals surface area (Å²) in [5, 5.41) is 14.2. The van der Waals surface area contributed by atoms with Crippen LogP contribution in [-0.4, -0.2) is 23.8 Å². The average Bonchev–Trinajstić information content (AvgIpc) is 2.73. The topological polar surface area (TPSA) is 32.3 Å². The first-order chi connectivity index (χ1) is 8.68. The van der Waals surface area contributed by atoms with Crippen LogP contribution in [0.4, 0.5) is 0 Å². The summed E-state index contributed by atoms with van der Waals surface area (Å²) in [4.78, 5) is 0. The van der Waals surface area contributed by atoms with Crippen LogP contribution in [0.2, 0.25) is 0 Å². The summed E-state index contributed by atoms with van der Waals surface area (Å²) in [7, 11) is 0.